The number of benzene rings is 1. The SMILES string of the molecule is Cc1ccccc1CC(Cl)Br. The molecular weight excluding hydrogens is 223 g/mol. The Labute approximate surface area is 80.7 Å². The normalized spacial score (nSPS) is 13.0. The van der Waals surface area contributed by atoms with E-state index in [9.17, 15) is 0 Å². The molecule has 1 aromatic rings. The van der Waals surface area contributed by atoms with E-state index in [2.05, 4.69) is 35.0 Å². The van der Waals surface area contributed by atoms with E-state index < -0.39 is 0 Å². The monoisotopic (exact) mass is 232 g/mol. The van der Waals surface area contributed by atoms with Crippen LogP contribution in [-0.4, -0.2) is 4.29 Å². The molecule has 0 amide bonds. The van der Waals surface area contributed by atoms with E-state index in [1.54, 1.807) is 0 Å². The zero-order valence-corrected chi connectivity index (χ0v) is 8.69. The van der Waals surface area contributed by atoms with Crippen LogP contribution in [0.25, 0.3) is 0 Å². The van der Waals surface area contributed by atoms with Crippen LogP contribution >= 0.6 is 27.5 Å². The molecule has 0 aromatic heterocycles. The molecule has 0 aliphatic carbocycles. The minimum Gasteiger partial charge on any atom is -0.110 e. The van der Waals surface area contributed by atoms with E-state index in [1.807, 2.05) is 12.1 Å². The molecule has 0 aliphatic heterocycles. The van der Waals surface area contributed by atoms with Crippen molar-refractivity contribution in [3.05, 3.63) is 35.4 Å². The number of aryl methyl sites for hydroxylation is 1. The largest absolute Gasteiger partial charge is 0.110 e. The molecule has 0 fully saturated rings. The van der Waals surface area contributed by atoms with Crippen LogP contribution in [0.1, 0.15) is 11.1 Å². The van der Waals surface area contributed by atoms with Gasteiger partial charge >= 0.3 is 0 Å². The number of halogens is 2. The van der Waals surface area contributed by atoms with E-state index in [1.165, 1.54) is 11.1 Å². The molecule has 1 unspecified atom stereocenters. The summed E-state index contributed by atoms with van der Waals surface area (Å²) in [6.07, 6.45) is 0.883. The lowest BCUT2D eigenvalue weighted by molar-refractivity contribution is 1.08. The van der Waals surface area contributed by atoms with E-state index in [4.69, 9.17) is 11.6 Å². The van der Waals surface area contributed by atoms with Crippen LogP contribution in [0.4, 0.5) is 0 Å². The first-order valence-corrected chi connectivity index (χ1v) is 4.88. The molecule has 11 heavy (non-hydrogen) atoms. The zero-order chi connectivity index (χ0) is 8.27. The molecule has 0 N–H and O–H groups in total. The average molecular weight is 234 g/mol. The second kappa shape index (κ2) is 4.13. The highest BCUT2D eigenvalue weighted by molar-refractivity contribution is 9.10. The highest BCUT2D eigenvalue weighted by atomic mass is 79.9. The summed E-state index contributed by atoms with van der Waals surface area (Å²) in [7, 11) is 0. The van der Waals surface area contributed by atoms with Crippen molar-refractivity contribution in [1.29, 1.82) is 0 Å². The van der Waals surface area contributed by atoms with Crippen molar-refractivity contribution >= 4 is 27.5 Å². The van der Waals surface area contributed by atoms with Crippen LogP contribution < -0.4 is 0 Å². The fourth-order valence-electron chi connectivity index (χ4n) is 1.01. The number of alkyl halides is 2. The van der Waals surface area contributed by atoms with Crippen LogP contribution in [0.3, 0.4) is 0 Å². The Morgan fingerprint density at radius 3 is 2.64 bits per heavy atom. The van der Waals surface area contributed by atoms with Gasteiger partial charge in [0.25, 0.3) is 0 Å². The van der Waals surface area contributed by atoms with Crippen molar-refractivity contribution < 1.29 is 0 Å². The van der Waals surface area contributed by atoms with Gasteiger partial charge in [0.1, 0.15) is 0 Å². The van der Waals surface area contributed by atoms with Gasteiger partial charge in [-0.2, -0.15) is 0 Å². The third kappa shape index (κ3) is 2.84. The molecule has 60 valence electrons. The topological polar surface area (TPSA) is 0 Å². The summed E-state index contributed by atoms with van der Waals surface area (Å²) in [5.41, 5.74) is 2.61. The summed E-state index contributed by atoms with van der Waals surface area (Å²) < 4.78 is 0.0450. The van der Waals surface area contributed by atoms with E-state index >= 15 is 0 Å². The van der Waals surface area contributed by atoms with Crippen molar-refractivity contribution in [3.63, 3.8) is 0 Å². The maximum atomic E-state index is 5.80. The fraction of sp³-hybridized carbons (Fsp3) is 0.333. The molecule has 0 radical (unpaired) electrons. The van der Waals surface area contributed by atoms with Gasteiger partial charge in [0.15, 0.2) is 0 Å². The van der Waals surface area contributed by atoms with Crippen molar-refractivity contribution in [2.45, 2.75) is 17.6 Å². The second-order valence-corrected chi connectivity index (χ2v) is 4.68. The average Bonchev–Trinajstić information content (AvgIpc) is 1.93. The molecule has 0 saturated heterocycles. The van der Waals surface area contributed by atoms with Crippen LogP contribution in [0.2, 0.25) is 0 Å². The summed E-state index contributed by atoms with van der Waals surface area (Å²) >= 11 is 9.11. The van der Waals surface area contributed by atoms with Crippen LogP contribution in [-0.2, 0) is 6.42 Å². The lowest BCUT2D eigenvalue weighted by atomic mass is 10.1. The van der Waals surface area contributed by atoms with Crippen LogP contribution in [0.5, 0.6) is 0 Å². The van der Waals surface area contributed by atoms with Gasteiger partial charge in [-0.15, -0.1) is 11.6 Å². The maximum absolute atomic E-state index is 5.80. The molecule has 1 rings (SSSR count). The van der Waals surface area contributed by atoms with Crippen molar-refractivity contribution in [3.8, 4) is 0 Å². The zero-order valence-electron chi connectivity index (χ0n) is 6.35. The summed E-state index contributed by atoms with van der Waals surface area (Å²) in [5, 5.41) is 0. The summed E-state index contributed by atoms with van der Waals surface area (Å²) in [5.74, 6) is 0. The molecule has 2 heteroatoms. The lowest BCUT2D eigenvalue weighted by Gasteiger charge is -2.04. The van der Waals surface area contributed by atoms with E-state index in [0.29, 0.717) is 0 Å². The fourth-order valence-corrected chi connectivity index (χ4v) is 1.52. The first-order chi connectivity index (χ1) is 5.20. The molecule has 0 nitrogen and oxygen atoms in total. The molecule has 0 aliphatic rings. The Morgan fingerprint density at radius 2 is 2.09 bits per heavy atom. The molecule has 0 saturated carbocycles. The smallest absolute Gasteiger partial charge is 0.0926 e. The van der Waals surface area contributed by atoms with Crippen molar-refractivity contribution in [2.75, 3.05) is 0 Å². The van der Waals surface area contributed by atoms with Gasteiger partial charge in [-0.05, 0) is 24.5 Å². The third-order valence-corrected chi connectivity index (χ3v) is 2.11. The summed E-state index contributed by atoms with van der Waals surface area (Å²) in [6.45, 7) is 2.10. The van der Waals surface area contributed by atoms with Gasteiger partial charge in [-0.3, -0.25) is 0 Å². The lowest BCUT2D eigenvalue weighted by Crippen LogP contribution is -1.95. The van der Waals surface area contributed by atoms with Crippen molar-refractivity contribution in [1.82, 2.24) is 0 Å². The maximum Gasteiger partial charge on any atom is 0.0926 e. The summed E-state index contributed by atoms with van der Waals surface area (Å²) in [6, 6.07) is 8.28. The van der Waals surface area contributed by atoms with Gasteiger partial charge in [-0.25, -0.2) is 0 Å². The van der Waals surface area contributed by atoms with Crippen LogP contribution in [0.15, 0.2) is 24.3 Å². The van der Waals surface area contributed by atoms with E-state index in [0.717, 1.165) is 6.42 Å². The van der Waals surface area contributed by atoms with Gasteiger partial charge in [0, 0.05) is 0 Å². The molecule has 0 heterocycles. The van der Waals surface area contributed by atoms with E-state index in [-0.39, 0.29) is 4.29 Å². The van der Waals surface area contributed by atoms with Crippen molar-refractivity contribution in [2.24, 2.45) is 0 Å². The Balaban J connectivity index is 2.78. The Hall–Kier alpha value is -0.0100. The highest BCUT2D eigenvalue weighted by Crippen LogP contribution is 2.16. The number of hydrogen-bond donors (Lipinski definition) is 0. The van der Waals surface area contributed by atoms with Gasteiger partial charge in [0.05, 0.1) is 4.29 Å². The number of rotatable bonds is 2. The molecule has 1 atom stereocenters. The third-order valence-electron chi connectivity index (χ3n) is 1.64. The predicted octanol–water partition coefficient (Wildman–Crippen LogP) is 3.50. The molecule has 0 bridgehead atoms. The van der Waals surface area contributed by atoms with Gasteiger partial charge in [-0.1, -0.05) is 40.2 Å². The minimum absolute atomic E-state index is 0.0450. The van der Waals surface area contributed by atoms with Crippen LogP contribution in [0, 0.1) is 6.92 Å². The molecular formula is C9H10BrCl. The Morgan fingerprint density at radius 1 is 1.45 bits per heavy atom. The minimum atomic E-state index is 0.0450. The molecule has 1 aromatic carbocycles. The Kier molecular flexibility index (Phi) is 3.41. The first kappa shape index (κ1) is 9.08. The second-order valence-electron chi connectivity index (χ2n) is 2.52. The highest BCUT2D eigenvalue weighted by Gasteiger charge is 2.01. The van der Waals surface area contributed by atoms with Gasteiger partial charge in [0.2, 0.25) is 0 Å². The quantitative estimate of drug-likeness (QED) is 0.686. The number of hydrogen-bond acceptors (Lipinski definition) is 0. The summed E-state index contributed by atoms with van der Waals surface area (Å²) in [4.78, 5) is 0. The predicted molar refractivity (Wildman–Crippen MR) is 53.5 cm³/mol. The Bertz CT molecular complexity index is 233. The standard InChI is InChI=1S/C9H10BrCl/c1-7-4-2-3-5-8(7)6-9(10)11/h2-5,9H,6H2,1H3. The van der Waals surface area contributed by atoms with Gasteiger partial charge < -0.3 is 0 Å². The molecule has 0 spiro atoms. The first-order valence-electron chi connectivity index (χ1n) is 3.53.